The van der Waals surface area contributed by atoms with E-state index in [1.807, 2.05) is 0 Å². The van der Waals surface area contributed by atoms with Crippen LogP contribution in [0.4, 0.5) is 29.3 Å². The number of benzene rings is 2. The first-order valence-corrected chi connectivity index (χ1v) is 15.0. The number of urea groups is 1. The predicted molar refractivity (Wildman–Crippen MR) is 148 cm³/mol. The van der Waals surface area contributed by atoms with Crippen molar-refractivity contribution in [1.82, 2.24) is 0 Å². The standard InChI is InChI=1S/C26H28F3N2O8PS/c1-6-37-24(32)22-18(13-41-25(22)40(5,34)39-7-2)31-26(33)30-17-11-21(20(36-4)10-16(17)28)38-12-14-19(35-3)9-8-15(27)23(14)29/h8-11,13H,6-7,12H2,1-5H3,(H2,30,31,33). The van der Waals surface area contributed by atoms with Gasteiger partial charge in [0.05, 0.1) is 44.4 Å². The van der Waals surface area contributed by atoms with Crippen molar-refractivity contribution in [3.05, 3.63) is 58.2 Å². The second-order valence-electron chi connectivity index (χ2n) is 8.21. The van der Waals surface area contributed by atoms with Gasteiger partial charge in [0.15, 0.2) is 29.0 Å². The molecule has 1 heterocycles. The van der Waals surface area contributed by atoms with Gasteiger partial charge in [-0.1, -0.05) is 0 Å². The quantitative estimate of drug-likeness (QED) is 0.184. The molecule has 0 aliphatic rings. The van der Waals surface area contributed by atoms with Gasteiger partial charge >= 0.3 is 12.0 Å². The Labute approximate surface area is 238 Å². The summed E-state index contributed by atoms with van der Waals surface area (Å²) in [6.45, 7) is 4.20. The molecule has 0 bridgehead atoms. The number of hydrogen-bond acceptors (Lipinski definition) is 9. The Morgan fingerprint density at radius 3 is 2.24 bits per heavy atom. The highest BCUT2D eigenvalue weighted by atomic mass is 32.1. The molecule has 3 rings (SSSR count). The van der Waals surface area contributed by atoms with Crippen LogP contribution in [-0.2, 0) is 20.4 Å². The van der Waals surface area contributed by atoms with Crippen molar-refractivity contribution in [3.63, 3.8) is 0 Å². The molecule has 0 spiro atoms. The summed E-state index contributed by atoms with van der Waals surface area (Å²) < 4.78 is 82.3. The third-order valence-electron chi connectivity index (χ3n) is 5.49. The molecule has 15 heteroatoms. The number of hydrogen-bond donors (Lipinski definition) is 2. The first-order valence-electron chi connectivity index (χ1n) is 12.1. The number of carbonyl (C=O) groups is 2. The van der Waals surface area contributed by atoms with Crippen LogP contribution >= 0.6 is 18.7 Å². The van der Waals surface area contributed by atoms with Gasteiger partial charge in [-0.15, -0.1) is 11.3 Å². The van der Waals surface area contributed by atoms with Crippen LogP contribution in [0.3, 0.4) is 0 Å². The summed E-state index contributed by atoms with van der Waals surface area (Å²) >= 11 is 0.936. The van der Waals surface area contributed by atoms with Gasteiger partial charge in [0, 0.05) is 24.2 Å². The highest BCUT2D eigenvalue weighted by Crippen LogP contribution is 2.46. The normalized spacial score (nSPS) is 12.3. The molecule has 0 saturated carbocycles. The van der Waals surface area contributed by atoms with E-state index in [1.165, 1.54) is 32.3 Å². The maximum absolute atomic E-state index is 14.8. The molecule has 3 aromatic rings. The van der Waals surface area contributed by atoms with Gasteiger partial charge in [-0.2, -0.15) is 0 Å². The van der Waals surface area contributed by atoms with Crippen molar-refractivity contribution in [3.8, 4) is 17.2 Å². The minimum atomic E-state index is -3.42. The summed E-state index contributed by atoms with van der Waals surface area (Å²) in [5, 5.41) is 6.11. The monoisotopic (exact) mass is 616 g/mol. The van der Waals surface area contributed by atoms with Crippen molar-refractivity contribution < 1.29 is 50.8 Å². The second kappa shape index (κ2) is 13.7. The predicted octanol–water partition coefficient (Wildman–Crippen LogP) is 6.15. The lowest BCUT2D eigenvalue weighted by Gasteiger charge is -2.16. The van der Waals surface area contributed by atoms with E-state index in [9.17, 15) is 27.3 Å². The van der Waals surface area contributed by atoms with E-state index >= 15 is 0 Å². The van der Waals surface area contributed by atoms with Crippen LogP contribution in [0, 0.1) is 17.5 Å². The first kappa shape index (κ1) is 31.8. The van der Waals surface area contributed by atoms with Gasteiger partial charge in [0.25, 0.3) is 0 Å². The number of amides is 2. The number of nitrogens with one attached hydrogen (secondary N) is 2. The highest BCUT2D eigenvalue weighted by Gasteiger charge is 2.32. The lowest BCUT2D eigenvalue weighted by molar-refractivity contribution is 0.0529. The van der Waals surface area contributed by atoms with Crippen LogP contribution in [0.1, 0.15) is 29.8 Å². The zero-order valence-corrected chi connectivity index (χ0v) is 24.5. The molecule has 1 atom stereocenters. The number of carbonyl (C=O) groups excluding carboxylic acids is 2. The number of ether oxygens (including phenoxy) is 4. The molecule has 0 aliphatic carbocycles. The van der Waals surface area contributed by atoms with E-state index in [1.54, 1.807) is 13.8 Å². The van der Waals surface area contributed by atoms with Gasteiger partial charge in [0.2, 0.25) is 7.37 Å². The van der Waals surface area contributed by atoms with E-state index in [2.05, 4.69) is 10.6 Å². The van der Waals surface area contributed by atoms with Gasteiger partial charge in [0.1, 0.15) is 22.5 Å². The summed E-state index contributed by atoms with van der Waals surface area (Å²) in [6.07, 6.45) is 0. The van der Waals surface area contributed by atoms with Crippen molar-refractivity contribution >= 4 is 46.7 Å². The van der Waals surface area contributed by atoms with E-state index in [4.69, 9.17) is 23.5 Å². The van der Waals surface area contributed by atoms with Gasteiger partial charge in [-0.05, 0) is 26.0 Å². The van der Waals surface area contributed by atoms with Crippen molar-refractivity contribution in [2.45, 2.75) is 20.5 Å². The molecule has 1 aromatic heterocycles. The fourth-order valence-corrected chi connectivity index (χ4v) is 6.70. The number of halogens is 3. The average Bonchev–Trinajstić information content (AvgIpc) is 3.35. The van der Waals surface area contributed by atoms with Crippen molar-refractivity contribution in [2.24, 2.45) is 0 Å². The topological polar surface area (TPSA) is 121 Å². The molecule has 2 amide bonds. The maximum atomic E-state index is 14.8. The third kappa shape index (κ3) is 7.32. The second-order valence-corrected chi connectivity index (χ2v) is 11.8. The molecule has 2 aromatic carbocycles. The van der Waals surface area contributed by atoms with E-state index in [0.717, 1.165) is 29.5 Å². The Hall–Kier alpha value is -3.74. The molecule has 0 radical (unpaired) electrons. The van der Waals surface area contributed by atoms with Crippen LogP contribution < -0.4 is 29.5 Å². The van der Waals surface area contributed by atoms with Crippen LogP contribution in [0.15, 0.2) is 29.6 Å². The van der Waals surface area contributed by atoms with E-state index in [0.29, 0.717) is 0 Å². The molecular formula is C26H28F3N2O8PS. The molecule has 222 valence electrons. The Balaban J connectivity index is 1.87. The SMILES string of the molecule is CCOC(=O)c1c(NC(=O)Nc2cc(OCc3c(OC)ccc(F)c3F)c(OC)cc2F)csc1P(C)(=O)OCC. The fraction of sp³-hybridized carbons (Fsp3) is 0.308. The lowest BCUT2D eigenvalue weighted by atomic mass is 10.2. The summed E-state index contributed by atoms with van der Waals surface area (Å²) in [4.78, 5) is 25.5. The molecule has 0 fully saturated rings. The molecule has 10 nitrogen and oxygen atoms in total. The average molecular weight is 617 g/mol. The van der Waals surface area contributed by atoms with Crippen LogP contribution in [0.2, 0.25) is 0 Å². The third-order valence-corrected chi connectivity index (χ3v) is 9.29. The lowest BCUT2D eigenvalue weighted by Crippen LogP contribution is -2.23. The molecular weight excluding hydrogens is 588 g/mol. The van der Waals surface area contributed by atoms with Crippen LogP contribution in [-0.4, -0.2) is 46.1 Å². The van der Waals surface area contributed by atoms with E-state index in [-0.39, 0.29) is 57.6 Å². The summed E-state index contributed by atoms with van der Waals surface area (Å²) in [5.41, 5.74) is -0.766. The van der Waals surface area contributed by atoms with Crippen LogP contribution in [0.25, 0.3) is 0 Å². The number of rotatable bonds is 12. The molecule has 1 unspecified atom stereocenters. The number of anilines is 2. The van der Waals surface area contributed by atoms with Crippen molar-refractivity contribution in [1.29, 1.82) is 0 Å². The van der Waals surface area contributed by atoms with Gasteiger partial charge in [-0.25, -0.2) is 22.8 Å². The molecule has 0 saturated heterocycles. The Bertz CT molecular complexity index is 1480. The zero-order chi connectivity index (χ0) is 30.3. The Kier molecular flexibility index (Phi) is 10.7. The van der Waals surface area contributed by atoms with Gasteiger partial charge < -0.3 is 34.1 Å². The number of esters is 1. The molecule has 2 N–H and O–H groups in total. The van der Waals surface area contributed by atoms with E-state index < -0.39 is 43.4 Å². The zero-order valence-electron chi connectivity index (χ0n) is 22.8. The molecule has 0 aliphatic heterocycles. The summed E-state index contributed by atoms with van der Waals surface area (Å²) in [6, 6.07) is 3.17. The fourth-order valence-electron chi connectivity index (χ4n) is 3.67. The van der Waals surface area contributed by atoms with Crippen molar-refractivity contribution in [2.75, 3.05) is 44.7 Å². The molecule has 41 heavy (non-hydrogen) atoms. The Morgan fingerprint density at radius 1 is 0.927 bits per heavy atom. The smallest absolute Gasteiger partial charge is 0.341 e. The summed E-state index contributed by atoms with van der Waals surface area (Å²) in [5.74, 6) is -4.21. The minimum absolute atomic E-state index is 0.0215. The number of thiophene rings is 1. The first-order chi connectivity index (χ1) is 19.5. The Morgan fingerprint density at radius 2 is 1.61 bits per heavy atom. The highest BCUT2D eigenvalue weighted by molar-refractivity contribution is 7.72. The number of methoxy groups -OCH3 is 2. The largest absolute Gasteiger partial charge is 0.496 e. The summed E-state index contributed by atoms with van der Waals surface area (Å²) in [7, 11) is -0.909. The minimum Gasteiger partial charge on any atom is -0.496 e. The van der Waals surface area contributed by atoms with Crippen LogP contribution in [0.5, 0.6) is 17.2 Å². The maximum Gasteiger partial charge on any atom is 0.341 e. The van der Waals surface area contributed by atoms with Gasteiger partial charge in [-0.3, -0.25) is 4.57 Å².